The van der Waals surface area contributed by atoms with E-state index in [1.54, 1.807) is 32.7 Å². The molecule has 4 aromatic rings. The predicted molar refractivity (Wildman–Crippen MR) is 105 cm³/mol. The van der Waals surface area contributed by atoms with E-state index in [2.05, 4.69) is 10.1 Å². The Morgan fingerprint density at radius 2 is 1.67 bits per heavy atom. The molecule has 138 valence electrons. The number of hydrogen-bond acceptors (Lipinski definition) is 6. The van der Waals surface area contributed by atoms with Gasteiger partial charge in [-0.2, -0.15) is 5.10 Å². The highest BCUT2D eigenvalue weighted by atomic mass is 32.1. The molecule has 0 fully saturated rings. The molecule has 0 N–H and O–H groups in total. The van der Waals surface area contributed by atoms with Gasteiger partial charge in [0.1, 0.15) is 5.01 Å². The zero-order chi connectivity index (χ0) is 18.8. The van der Waals surface area contributed by atoms with Crippen molar-refractivity contribution in [3.63, 3.8) is 0 Å². The van der Waals surface area contributed by atoms with Crippen LogP contribution in [0.5, 0.6) is 17.2 Å². The summed E-state index contributed by atoms with van der Waals surface area (Å²) in [6.07, 6.45) is 2.62. The van der Waals surface area contributed by atoms with E-state index in [-0.39, 0.29) is 0 Å². The minimum absolute atomic E-state index is 0.588. The van der Waals surface area contributed by atoms with Gasteiger partial charge in [-0.1, -0.05) is 41.7 Å². The second kappa shape index (κ2) is 7.28. The molecular weight excluding hydrogens is 362 g/mol. The average molecular weight is 381 g/mol. The molecule has 0 saturated carbocycles. The minimum atomic E-state index is 0.588. The molecule has 0 aliphatic heterocycles. The molecule has 0 radical (unpaired) electrons. The van der Waals surface area contributed by atoms with Crippen molar-refractivity contribution in [2.75, 3.05) is 21.3 Å². The van der Waals surface area contributed by atoms with E-state index >= 15 is 0 Å². The van der Waals surface area contributed by atoms with Crippen molar-refractivity contribution in [1.29, 1.82) is 0 Å². The molecule has 2 aromatic heterocycles. The van der Waals surface area contributed by atoms with Crippen molar-refractivity contribution >= 4 is 16.3 Å². The summed E-state index contributed by atoms with van der Waals surface area (Å²) in [6.45, 7) is 0. The molecule has 0 amide bonds. The Morgan fingerprint density at radius 1 is 0.963 bits per heavy atom. The lowest BCUT2D eigenvalue weighted by molar-refractivity contribution is 0.324. The van der Waals surface area contributed by atoms with Crippen molar-refractivity contribution in [3.05, 3.63) is 59.2 Å². The van der Waals surface area contributed by atoms with Crippen LogP contribution >= 0.6 is 11.3 Å². The van der Waals surface area contributed by atoms with Crippen LogP contribution in [0.3, 0.4) is 0 Å². The Kier molecular flexibility index (Phi) is 4.68. The topological polar surface area (TPSA) is 57.9 Å². The van der Waals surface area contributed by atoms with Crippen LogP contribution in [-0.2, 0) is 6.42 Å². The van der Waals surface area contributed by atoms with E-state index in [9.17, 15) is 0 Å². The van der Waals surface area contributed by atoms with Gasteiger partial charge in [-0.3, -0.25) is 0 Å². The third-order valence-electron chi connectivity index (χ3n) is 4.23. The molecule has 6 nitrogen and oxygen atoms in total. The van der Waals surface area contributed by atoms with E-state index in [4.69, 9.17) is 14.2 Å². The predicted octanol–water partition coefficient (Wildman–Crippen LogP) is 4.07. The number of nitrogens with zero attached hydrogens (tertiary/aromatic N) is 3. The maximum absolute atomic E-state index is 5.43. The zero-order valence-electron chi connectivity index (χ0n) is 15.3. The van der Waals surface area contributed by atoms with E-state index in [1.165, 1.54) is 0 Å². The number of fused-ring (bicyclic) bond motifs is 1. The van der Waals surface area contributed by atoms with Crippen LogP contribution in [0.4, 0.5) is 0 Å². The van der Waals surface area contributed by atoms with E-state index in [0.717, 1.165) is 26.8 Å². The molecule has 2 heterocycles. The second-order valence-corrected chi connectivity index (χ2v) is 6.97. The Labute approximate surface area is 161 Å². The van der Waals surface area contributed by atoms with Crippen molar-refractivity contribution < 1.29 is 14.2 Å². The highest BCUT2D eigenvalue weighted by Crippen LogP contribution is 2.39. The molecule has 4 rings (SSSR count). The first-order chi connectivity index (χ1) is 13.2. The van der Waals surface area contributed by atoms with E-state index in [0.29, 0.717) is 23.7 Å². The number of benzene rings is 2. The summed E-state index contributed by atoms with van der Waals surface area (Å²) in [4.78, 5) is 5.56. The summed E-state index contributed by atoms with van der Waals surface area (Å²) in [7, 11) is 4.83. The highest BCUT2D eigenvalue weighted by Gasteiger charge is 2.15. The third-order valence-corrected chi connectivity index (χ3v) is 5.16. The molecule has 0 unspecified atom stereocenters. The molecule has 0 spiro atoms. The lowest BCUT2D eigenvalue weighted by Gasteiger charge is -2.13. The zero-order valence-corrected chi connectivity index (χ0v) is 16.1. The van der Waals surface area contributed by atoms with Gasteiger partial charge >= 0.3 is 0 Å². The molecule has 0 aliphatic carbocycles. The maximum atomic E-state index is 5.43. The number of rotatable bonds is 6. The van der Waals surface area contributed by atoms with Gasteiger partial charge in [-0.25, -0.2) is 9.50 Å². The minimum Gasteiger partial charge on any atom is -0.493 e. The van der Waals surface area contributed by atoms with Gasteiger partial charge in [0, 0.05) is 12.0 Å². The standard InChI is InChI=1S/C20H19N3O3S/c1-24-16-9-13(10-17(25-2)19(16)26-3)11-18-22-23-12-15(21-20(23)27-18)14-7-5-4-6-8-14/h4-10,12H,11H2,1-3H3. The van der Waals surface area contributed by atoms with E-state index < -0.39 is 0 Å². The normalized spacial score (nSPS) is 10.9. The van der Waals surface area contributed by atoms with Gasteiger partial charge in [-0.15, -0.1) is 0 Å². The molecule has 0 bridgehead atoms. The molecule has 7 heteroatoms. The molecule has 0 aliphatic rings. The monoisotopic (exact) mass is 381 g/mol. The van der Waals surface area contributed by atoms with Crippen molar-refractivity contribution in [3.8, 4) is 28.5 Å². The van der Waals surface area contributed by atoms with Crippen LogP contribution in [0.15, 0.2) is 48.7 Å². The van der Waals surface area contributed by atoms with Crippen LogP contribution in [-0.4, -0.2) is 35.9 Å². The first kappa shape index (κ1) is 17.4. The Bertz CT molecular complexity index is 1020. The van der Waals surface area contributed by atoms with Gasteiger partial charge in [-0.05, 0) is 17.7 Å². The number of hydrogen-bond donors (Lipinski definition) is 0. The summed E-state index contributed by atoms with van der Waals surface area (Å²) in [6, 6.07) is 14.0. The van der Waals surface area contributed by atoms with Crippen LogP contribution in [0.25, 0.3) is 16.2 Å². The quantitative estimate of drug-likeness (QED) is 0.504. The Balaban J connectivity index is 1.63. The maximum Gasteiger partial charge on any atom is 0.212 e. The second-order valence-electron chi connectivity index (χ2n) is 5.93. The first-order valence-corrected chi connectivity index (χ1v) is 9.23. The molecule has 2 aromatic carbocycles. The lowest BCUT2D eigenvalue weighted by atomic mass is 10.1. The largest absolute Gasteiger partial charge is 0.493 e. The van der Waals surface area contributed by atoms with Crippen LogP contribution in [0, 0.1) is 0 Å². The summed E-state index contributed by atoms with van der Waals surface area (Å²) in [5.41, 5.74) is 3.04. The van der Waals surface area contributed by atoms with Crippen LogP contribution in [0.2, 0.25) is 0 Å². The summed E-state index contributed by atoms with van der Waals surface area (Å²) < 4.78 is 18.1. The van der Waals surface area contributed by atoms with Crippen molar-refractivity contribution in [1.82, 2.24) is 14.6 Å². The van der Waals surface area contributed by atoms with Gasteiger partial charge in [0.25, 0.3) is 0 Å². The number of methoxy groups -OCH3 is 3. The summed E-state index contributed by atoms with van der Waals surface area (Å²) in [5.74, 6) is 1.87. The summed E-state index contributed by atoms with van der Waals surface area (Å²) in [5, 5.41) is 5.63. The Morgan fingerprint density at radius 3 is 2.26 bits per heavy atom. The number of imidazole rings is 1. The summed E-state index contributed by atoms with van der Waals surface area (Å²) >= 11 is 1.57. The highest BCUT2D eigenvalue weighted by molar-refractivity contribution is 7.16. The fraction of sp³-hybridized carbons (Fsp3) is 0.200. The molecule has 0 atom stereocenters. The molecule has 27 heavy (non-hydrogen) atoms. The Hall–Kier alpha value is -3.06. The van der Waals surface area contributed by atoms with Crippen LogP contribution in [0.1, 0.15) is 10.6 Å². The molecule has 0 saturated heterocycles. The lowest BCUT2D eigenvalue weighted by Crippen LogP contribution is -1.98. The average Bonchev–Trinajstić information content (AvgIpc) is 3.26. The van der Waals surface area contributed by atoms with Gasteiger partial charge in [0.15, 0.2) is 11.5 Å². The first-order valence-electron chi connectivity index (χ1n) is 8.41. The van der Waals surface area contributed by atoms with Crippen molar-refractivity contribution in [2.45, 2.75) is 6.42 Å². The van der Waals surface area contributed by atoms with E-state index in [1.807, 2.05) is 53.2 Å². The van der Waals surface area contributed by atoms with Gasteiger partial charge in [0.2, 0.25) is 10.7 Å². The third kappa shape index (κ3) is 3.33. The fourth-order valence-electron chi connectivity index (χ4n) is 2.97. The SMILES string of the molecule is COc1cc(Cc2nn3cc(-c4ccccc4)nc3s2)cc(OC)c1OC. The smallest absolute Gasteiger partial charge is 0.212 e. The number of aromatic nitrogens is 3. The van der Waals surface area contributed by atoms with Gasteiger partial charge in [0.05, 0.1) is 33.2 Å². The van der Waals surface area contributed by atoms with Crippen LogP contribution < -0.4 is 14.2 Å². The number of ether oxygens (including phenoxy) is 3. The van der Waals surface area contributed by atoms with Crippen molar-refractivity contribution in [2.24, 2.45) is 0 Å². The fourth-order valence-corrected chi connectivity index (χ4v) is 3.88. The van der Waals surface area contributed by atoms with Gasteiger partial charge < -0.3 is 14.2 Å². The molecular formula is C20H19N3O3S.